The van der Waals surface area contributed by atoms with E-state index < -0.39 is 0 Å². The van der Waals surface area contributed by atoms with E-state index in [0.29, 0.717) is 5.69 Å². The first-order valence-corrected chi connectivity index (χ1v) is 6.06. The zero-order valence-corrected chi connectivity index (χ0v) is 10.6. The van der Waals surface area contributed by atoms with E-state index in [1.54, 1.807) is 12.4 Å². The third-order valence-electron chi connectivity index (χ3n) is 3.04. The molecule has 0 atom stereocenters. The summed E-state index contributed by atoms with van der Waals surface area (Å²) in [7, 11) is 0. The maximum Gasteiger partial charge on any atom is 0.133 e. The molecule has 0 saturated carbocycles. The lowest BCUT2D eigenvalue weighted by atomic mass is 10.1. The first-order valence-electron chi connectivity index (χ1n) is 6.06. The Morgan fingerprint density at radius 1 is 1.16 bits per heavy atom. The van der Waals surface area contributed by atoms with Crippen molar-refractivity contribution in [1.82, 2.24) is 9.97 Å². The van der Waals surface area contributed by atoms with E-state index in [0.717, 1.165) is 27.8 Å². The molecular weight excluding hydrogens is 236 g/mol. The molecule has 0 aliphatic heterocycles. The molecule has 1 aromatic carbocycles. The number of benzene rings is 1. The van der Waals surface area contributed by atoms with Gasteiger partial charge in [-0.15, -0.1) is 0 Å². The van der Waals surface area contributed by atoms with Gasteiger partial charge in [0.2, 0.25) is 0 Å². The van der Waals surface area contributed by atoms with Crippen molar-refractivity contribution in [2.45, 2.75) is 6.92 Å². The molecule has 2 aromatic heterocycles. The van der Waals surface area contributed by atoms with Gasteiger partial charge in [-0.1, -0.05) is 12.1 Å². The van der Waals surface area contributed by atoms with Gasteiger partial charge in [-0.05, 0) is 36.1 Å². The monoisotopic (exact) mass is 250 g/mol. The fourth-order valence-electron chi connectivity index (χ4n) is 2.08. The molecule has 0 fully saturated rings. The van der Waals surface area contributed by atoms with Crippen molar-refractivity contribution in [3.8, 4) is 0 Å². The fourth-order valence-corrected chi connectivity index (χ4v) is 2.08. The second kappa shape index (κ2) is 4.57. The van der Waals surface area contributed by atoms with Gasteiger partial charge in [-0.2, -0.15) is 0 Å². The molecule has 4 heteroatoms. The average molecular weight is 250 g/mol. The van der Waals surface area contributed by atoms with Crippen molar-refractivity contribution in [3.63, 3.8) is 0 Å². The summed E-state index contributed by atoms with van der Waals surface area (Å²) in [5.41, 5.74) is 8.39. The molecule has 0 unspecified atom stereocenters. The molecule has 19 heavy (non-hydrogen) atoms. The van der Waals surface area contributed by atoms with Gasteiger partial charge in [-0.3, -0.25) is 4.98 Å². The number of hydrogen-bond acceptors (Lipinski definition) is 4. The Labute approximate surface area is 111 Å². The Morgan fingerprint density at radius 2 is 2.05 bits per heavy atom. The van der Waals surface area contributed by atoms with Crippen LogP contribution in [0.15, 0.2) is 48.9 Å². The van der Waals surface area contributed by atoms with Crippen LogP contribution >= 0.6 is 0 Å². The molecular formula is C15H14N4. The Hall–Kier alpha value is -2.62. The van der Waals surface area contributed by atoms with E-state index in [2.05, 4.69) is 21.4 Å². The van der Waals surface area contributed by atoms with E-state index in [-0.39, 0.29) is 0 Å². The molecule has 4 nitrogen and oxygen atoms in total. The number of nitrogens with one attached hydrogen (secondary N) is 1. The SMILES string of the molecule is Cc1cc(N)cnc1Nc1cccc2ccncc12. The Morgan fingerprint density at radius 3 is 2.89 bits per heavy atom. The quantitative estimate of drug-likeness (QED) is 0.732. The molecule has 0 aliphatic rings. The molecule has 0 radical (unpaired) electrons. The van der Waals surface area contributed by atoms with Crippen LogP contribution in [0, 0.1) is 6.92 Å². The van der Waals surface area contributed by atoms with Crippen molar-refractivity contribution in [3.05, 3.63) is 54.5 Å². The minimum atomic E-state index is 0.669. The van der Waals surface area contributed by atoms with Crippen LogP contribution in [0.3, 0.4) is 0 Å². The lowest BCUT2D eigenvalue weighted by molar-refractivity contribution is 1.26. The van der Waals surface area contributed by atoms with Crippen LogP contribution in [0.25, 0.3) is 10.8 Å². The van der Waals surface area contributed by atoms with E-state index in [1.807, 2.05) is 37.4 Å². The predicted molar refractivity (Wildman–Crippen MR) is 78.4 cm³/mol. The topological polar surface area (TPSA) is 63.8 Å². The highest BCUT2D eigenvalue weighted by Crippen LogP contribution is 2.26. The molecule has 3 rings (SSSR count). The van der Waals surface area contributed by atoms with Crippen LogP contribution in [0.5, 0.6) is 0 Å². The predicted octanol–water partition coefficient (Wildman–Crippen LogP) is 3.26. The van der Waals surface area contributed by atoms with E-state index in [9.17, 15) is 0 Å². The lowest BCUT2D eigenvalue weighted by Crippen LogP contribution is -1.98. The molecule has 0 saturated heterocycles. The first-order chi connectivity index (χ1) is 9.24. The van der Waals surface area contributed by atoms with Gasteiger partial charge in [0, 0.05) is 23.5 Å². The molecule has 3 aromatic rings. The normalized spacial score (nSPS) is 10.6. The van der Waals surface area contributed by atoms with Gasteiger partial charge in [0.1, 0.15) is 5.82 Å². The van der Waals surface area contributed by atoms with E-state index in [1.165, 1.54) is 0 Å². The highest BCUT2D eigenvalue weighted by Gasteiger charge is 2.04. The van der Waals surface area contributed by atoms with Gasteiger partial charge >= 0.3 is 0 Å². The van der Waals surface area contributed by atoms with Gasteiger partial charge in [0.25, 0.3) is 0 Å². The molecule has 0 spiro atoms. The van der Waals surface area contributed by atoms with E-state index in [4.69, 9.17) is 5.73 Å². The molecule has 0 aliphatic carbocycles. The third-order valence-corrected chi connectivity index (χ3v) is 3.04. The molecule has 94 valence electrons. The molecule has 3 N–H and O–H groups in total. The first kappa shape index (κ1) is 11.5. The van der Waals surface area contributed by atoms with Crippen molar-refractivity contribution in [2.24, 2.45) is 0 Å². The second-order valence-corrected chi connectivity index (χ2v) is 4.46. The fraction of sp³-hybridized carbons (Fsp3) is 0.0667. The summed E-state index contributed by atoms with van der Waals surface area (Å²) in [6.45, 7) is 1.98. The minimum absolute atomic E-state index is 0.669. The summed E-state index contributed by atoms with van der Waals surface area (Å²) < 4.78 is 0. The number of aryl methyl sites for hydroxylation is 1. The molecule has 0 bridgehead atoms. The number of anilines is 3. The maximum atomic E-state index is 5.71. The van der Waals surface area contributed by atoms with Gasteiger partial charge in [-0.25, -0.2) is 4.98 Å². The Kier molecular flexibility index (Phi) is 2.76. The Bertz CT molecular complexity index is 732. The smallest absolute Gasteiger partial charge is 0.133 e. The van der Waals surface area contributed by atoms with Crippen molar-refractivity contribution in [2.75, 3.05) is 11.1 Å². The summed E-state index contributed by atoms with van der Waals surface area (Å²) in [6.07, 6.45) is 5.29. The van der Waals surface area contributed by atoms with Gasteiger partial charge < -0.3 is 11.1 Å². The Balaban J connectivity index is 2.06. The molecule has 2 heterocycles. The van der Waals surface area contributed by atoms with Gasteiger partial charge in [0.05, 0.1) is 11.9 Å². The van der Waals surface area contributed by atoms with Crippen LogP contribution in [-0.2, 0) is 0 Å². The summed E-state index contributed by atoms with van der Waals surface area (Å²) in [6, 6.07) is 9.98. The number of rotatable bonds is 2. The highest BCUT2D eigenvalue weighted by atomic mass is 15.0. The lowest BCUT2D eigenvalue weighted by Gasteiger charge is -2.11. The van der Waals surface area contributed by atoms with Crippen LogP contribution in [0.1, 0.15) is 5.56 Å². The number of nitrogens with zero attached hydrogens (tertiary/aromatic N) is 2. The number of fused-ring (bicyclic) bond motifs is 1. The van der Waals surface area contributed by atoms with Crippen molar-refractivity contribution < 1.29 is 0 Å². The van der Waals surface area contributed by atoms with Crippen LogP contribution in [0.4, 0.5) is 17.2 Å². The summed E-state index contributed by atoms with van der Waals surface area (Å²) in [5, 5.41) is 5.55. The van der Waals surface area contributed by atoms with Gasteiger partial charge in [0.15, 0.2) is 0 Å². The number of nitrogens with two attached hydrogens (primary N) is 1. The van der Waals surface area contributed by atoms with Crippen LogP contribution < -0.4 is 11.1 Å². The number of hydrogen-bond donors (Lipinski definition) is 2. The summed E-state index contributed by atoms with van der Waals surface area (Å²) in [5.74, 6) is 0.811. The van der Waals surface area contributed by atoms with Crippen molar-refractivity contribution in [1.29, 1.82) is 0 Å². The number of pyridine rings is 2. The standard InChI is InChI=1S/C15H14N4/c1-10-7-12(16)8-18-15(10)19-14-4-2-3-11-5-6-17-9-13(11)14/h2-9H,16H2,1H3,(H,18,19). The third kappa shape index (κ3) is 2.20. The summed E-state index contributed by atoms with van der Waals surface area (Å²) >= 11 is 0. The zero-order chi connectivity index (χ0) is 13.2. The van der Waals surface area contributed by atoms with Crippen LogP contribution in [-0.4, -0.2) is 9.97 Å². The van der Waals surface area contributed by atoms with Crippen LogP contribution in [0.2, 0.25) is 0 Å². The second-order valence-electron chi connectivity index (χ2n) is 4.46. The zero-order valence-electron chi connectivity index (χ0n) is 10.6. The average Bonchev–Trinajstić information content (AvgIpc) is 2.42. The maximum absolute atomic E-state index is 5.71. The van der Waals surface area contributed by atoms with Crippen molar-refractivity contribution >= 4 is 28.0 Å². The highest BCUT2D eigenvalue weighted by molar-refractivity contribution is 5.94. The van der Waals surface area contributed by atoms with E-state index >= 15 is 0 Å². The largest absolute Gasteiger partial charge is 0.397 e. The molecule has 0 amide bonds. The number of nitrogen functional groups attached to an aromatic ring is 1. The minimum Gasteiger partial charge on any atom is -0.397 e. The number of aromatic nitrogens is 2. The summed E-state index contributed by atoms with van der Waals surface area (Å²) in [4.78, 5) is 8.49.